The molecule has 5 nitrogen and oxygen atoms in total. The maximum atomic E-state index is 12.2. The molecule has 0 atom stereocenters. The first-order chi connectivity index (χ1) is 10.8. The van der Waals surface area contributed by atoms with E-state index in [4.69, 9.17) is 9.47 Å². The lowest BCUT2D eigenvalue weighted by Gasteiger charge is -2.32. The second-order valence-corrected chi connectivity index (χ2v) is 5.83. The van der Waals surface area contributed by atoms with E-state index in [9.17, 15) is 4.79 Å². The normalized spacial score (nSPS) is 16.2. The Morgan fingerprint density at radius 3 is 2.59 bits per heavy atom. The summed E-state index contributed by atoms with van der Waals surface area (Å²) < 4.78 is 11.2. The monoisotopic (exact) mass is 304 g/mol. The minimum absolute atomic E-state index is 0.125. The maximum absolute atomic E-state index is 12.2. The van der Waals surface area contributed by atoms with Gasteiger partial charge in [0.25, 0.3) is 0 Å². The van der Waals surface area contributed by atoms with Crippen LogP contribution in [0.2, 0.25) is 0 Å². The molecule has 0 saturated carbocycles. The van der Waals surface area contributed by atoms with E-state index in [1.54, 1.807) is 0 Å². The van der Waals surface area contributed by atoms with Gasteiger partial charge in [-0.15, -0.1) is 0 Å². The second kappa shape index (κ2) is 6.90. The third kappa shape index (κ3) is 3.13. The van der Waals surface area contributed by atoms with Gasteiger partial charge in [-0.1, -0.05) is 32.6 Å². The molecule has 0 spiro atoms. The van der Waals surface area contributed by atoms with Crippen LogP contribution in [-0.2, 0) is 4.79 Å². The van der Waals surface area contributed by atoms with Crippen LogP contribution in [0.4, 0.5) is 11.4 Å². The zero-order chi connectivity index (χ0) is 15.4. The van der Waals surface area contributed by atoms with E-state index in [2.05, 4.69) is 12.2 Å². The molecular weight excluding hydrogens is 280 g/mol. The minimum atomic E-state index is 0.125. The predicted octanol–water partition coefficient (Wildman–Crippen LogP) is 3.19. The van der Waals surface area contributed by atoms with Gasteiger partial charge >= 0.3 is 0 Å². The number of hydrogen-bond donors (Lipinski definition) is 1. The van der Waals surface area contributed by atoms with Crippen LogP contribution in [0.5, 0.6) is 11.5 Å². The second-order valence-electron chi connectivity index (χ2n) is 5.83. The number of anilines is 2. The molecule has 0 bridgehead atoms. The lowest BCUT2D eigenvalue weighted by atomic mass is 10.1. The Hall–Kier alpha value is -1.91. The van der Waals surface area contributed by atoms with Crippen LogP contribution in [0.25, 0.3) is 0 Å². The average Bonchev–Trinajstić information content (AvgIpc) is 2.55. The maximum Gasteiger partial charge on any atom is 0.246 e. The number of unbranched alkanes of at least 4 members (excludes halogenated alkanes) is 4. The molecule has 0 radical (unpaired) electrons. The number of fused-ring (bicyclic) bond motifs is 2. The van der Waals surface area contributed by atoms with Gasteiger partial charge in [-0.3, -0.25) is 4.79 Å². The molecule has 0 unspecified atom stereocenters. The van der Waals surface area contributed by atoms with Gasteiger partial charge in [0, 0.05) is 18.7 Å². The van der Waals surface area contributed by atoms with Crippen LogP contribution >= 0.6 is 0 Å². The van der Waals surface area contributed by atoms with Crippen LogP contribution in [0.3, 0.4) is 0 Å². The summed E-state index contributed by atoms with van der Waals surface area (Å²) in [6.45, 7) is 4.47. The number of nitrogens with zero attached hydrogens (tertiary/aromatic N) is 1. The molecule has 2 aliphatic rings. The number of benzene rings is 1. The van der Waals surface area contributed by atoms with Crippen molar-refractivity contribution in [2.45, 2.75) is 39.0 Å². The van der Waals surface area contributed by atoms with Crippen molar-refractivity contribution in [2.24, 2.45) is 0 Å². The number of hydrogen-bond acceptors (Lipinski definition) is 4. The van der Waals surface area contributed by atoms with Gasteiger partial charge in [-0.25, -0.2) is 0 Å². The highest BCUT2D eigenvalue weighted by atomic mass is 16.6. The molecule has 0 fully saturated rings. The van der Waals surface area contributed by atoms with Gasteiger partial charge < -0.3 is 19.7 Å². The number of amides is 1. The Morgan fingerprint density at radius 1 is 1.09 bits per heavy atom. The summed E-state index contributed by atoms with van der Waals surface area (Å²) in [5.41, 5.74) is 1.87. The van der Waals surface area contributed by atoms with E-state index < -0.39 is 0 Å². The molecule has 3 rings (SSSR count). The Kier molecular flexibility index (Phi) is 4.71. The van der Waals surface area contributed by atoms with Gasteiger partial charge in [0.1, 0.15) is 13.2 Å². The van der Waals surface area contributed by atoms with E-state index in [1.165, 1.54) is 25.7 Å². The highest BCUT2D eigenvalue weighted by Crippen LogP contribution is 2.41. The standard InChI is InChI=1S/C17H24N2O3/c1-2-3-4-5-6-7-19-14-11-16-15(21-8-9-22-16)10-13(14)18-12-17(19)20/h10-11,18H,2-9,12H2,1H3. The van der Waals surface area contributed by atoms with Crippen molar-refractivity contribution in [3.05, 3.63) is 12.1 Å². The summed E-state index contributed by atoms with van der Waals surface area (Å²) in [6.07, 6.45) is 5.96. The van der Waals surface area contributed by atoms with Crippen LogP contribution in [-0.4, -0.2) is 32.2 Å². The van der Waals surface area contributed by atoms with E-state index in [1.807, 2.05) is 17.0 Å². The number of nitrogens with one attached hydrogen (secondary N) is 1. The van der Waals surface area contributed by atoms with Gasteiger partial charge in [0.2, 0.25) is 5.91 Å². The Labute approximate surface area is 131 Å². The fraction of sp³-hybridized carbons (Fsp3) is 0.588. The van der Waals surface area contributed by atoms with Crippen LogP contribution in [0.15, 0.2) is 12.1 Å². The van der Waals surface area contributed by atoms with Crippen molar-refractivity contribution >= 4 is 17.3 Å². The van der Waals surface area contributed by atoms with Crippen LogP contribution in [0, 0.1) is 0 Å². The fourth-order valence-electron chi connectivity index (χ4n) is 2.96. The van der Waals surface area contributed by atoms with Crippen LogP contribution < -0.4 is 19.7 Å². The predicted molar refractivity (Wildman–Crippen MR) is 87.0 cm³/mol. The lowest BCUT2D eigenvalue weighted by Crippen LogP contribution is -2.40. The lowest BCUT2D eigenvalue weighted by molar-refractivity contribution is -0.117. The van der Waals surface area contributed by atoms with Crippen molar-refractivity contribution in [3.8, 4) is 11.5 Å². The zero-order valence-electron chi connectivity index (χ0n) is 13.2. The first-order valence-corrected chi connectivity index (χ1v) is 8.27. The van der Waals surface area contributed by atoms with Crippen molar-refractivity contribution in [2.75, 3.05) is 36.5 Å². The Balaban J connectivity index is 1.73. The molecule has 1 N–H and O–H groups in total. The molecule has 0 aromatic heterocycles. The highest BCUT2D eigenvalue weighted by molar-refractivity contribution is 6.03. The van der Waals surface area contributed by atoms with E-state index in [0.29, 0.717) is 19.8 Å². The minimum Gasteiger partial charge on any atom is -0.486 e. The zero-order valence-corrected chi connectivity index (χ0v) is 13.2. The SMILES string of the molecule is CCCCCCCN1C(=O)CNc2cc3c(cc21)OCCO3. The summed E-state index contributed by atoms with van der Waals surface area (Å²) in [5, 5.41) is 3.18. The topological polar surface area (TPSA) is 50.8 Å². The number of ether oxygens (including phenoxy) is 2. The molecule has 1 aromatic rings. The largest absolute Gasteiger partial charge is 0.486 e. The van der Waals surface area contributed by atoms with E-state index >= 15 is 0 Å². The highest BCUT2D eigenvalue weighted by Gasteiger charge is 2.26. The van der Waals surface area contributed by atoms with Gasteiger partial charge in [-0.05, 0) is 6.42 Å². The molecule has 2 heterocycles. The van der Waals surface area contributed by atoms with Crippen molar-refractivity contribution < 1.29 is 14.3 Å². The number of carbonyl (C=O) groups is 1. The molecule has 0 aliphatic carbocycles. The van der Waals surface area contributed by atoms with Gasteiger partial charge in [-0.2, -0.15) is 0 Å². The third-order valence-electron chi connectivity index (χ3n) is 4.17. The third-order valence-corrected chi connectivity index (χ3v) is 4.17. The molecule has 1 amide bonds. The first kappa shape index (κ1) is 15.0. The quantitative estimate of drug-likeness (QED) is 0.820. The molecular formula is C17H24N2O3. The van der Waals surface area contributed by atoms with Gasteiger partial charge in [0.15, 0.2) is 11.5 Å². The van der Waals surface area contributed by atoms with Crippen molar-refractivity contribution in [1.82, 2.24) is 0 Å². The van der Waals surface area contributed by atoms with E-state index in [0.717, 1.165) is 35.8 Å². The molecule has 5 heteroatoms. The van der Waals surface area contributed by atoms with Gasteiger partial charge in [0.05, 0.1) is 17.9 Å². The molecule has 2 aliphatic heterocycles. The summed E-state index contributed by atoms with van der Waals surface area (Å²) in [6, 6.07) is 3.88. The van der Waals surface area contributed by atoms with Crippen molar-refractivity contribution in [3.63, 3.8) is 0 Å². The molecule has 22 heavy (non-hydrogen) atoms. The molecule has 1 aromatic carbocycles. The summed E-state index contributed by atoms with van der Waals surface area (Å²) in [5.74, 6) is 1.62. The molecule has 120 valence electrons. The smallest absolute Gasteiger partial charge is 0.246 e. The summed E-state index contributed by atoms with van der Waals surface area (Å²) in [7, 11) is 0. The average molecular weight is 304 g/mol. The Bertz CT molecular complexity index is 545. The first-order valence-electron chi connectivity index (χ1n) is 8.27. The number of rotatable bonds is 6. The number of carbonyl (C=O) groups excluding carboxylic acids is 1. The molecule has 0 saturated heterocycles. The fourth-order valence-corrected chi connectivity index (χ4v) is 2.96. The summed E-state index contributed by atoms with van der Waals surface area (Å²) >= 11 is 0. The van der Waals surface area contributed by atoms with Crippen molar-refractivity contribution in [1.29, 1.82) is 0 Å². The van der Waals surface area contributed by atoms with Crippen LogP contribution in [0.1, 0.15) is 39.0 Å². The Morgan fingerprint density at radius 2 is 1.82 bits per heavy atom. The van der Waals surface area contributed by atoms with E-state index in [-0.39, 0.29) is 5.91 Å². The summed E-state index contributed by atoms with van der Waals surface area (Å²) in [4.78, 5) is 14.1.